The molecular weight excluding hydrogens is 564 g/mol. The van der Waals surface area contributed by atoms with Gasteiger partial charge in [0.25, 0.3) is 0 Å². The highest BCUT2D eigenvalue weighted by atomic mass is 35.5. The van der Waals surface area contributed by atoms with E-state index < -0.39 is 59.4 Å². The standard InChI is InChI=1S/C32H51ClO9/c1-9-27(40-23(6)34)22(5)30(38)26(33)17-19(2)11-10-12-20(3)31-21(4)13-14-28(41-24(7)35)32(8,39)16-15-25(36)18-29(37)42-31/h10-14,19,21-22,25-28,30-31,36,38-39H,9,15-18H2,1-8H3. The van der Waals surface area contributed by atoms with E-state index in [4.69, 9.17) is 25.8 Å². The largest absolute Gasteiger partial charge is 0.462 e. The molecule has 1 heterocycles. The zero-order chi connectivity index (χ0) is 32.2. The number of aliphatic hydroxyl groups is 3. The first-order chi connectivity index (χ1) is 19.5. The number of aliphatic hydroxyl groups excluding tert-OH is 2. The maximum Gasteiger partial charge on any atom is 0.309 e. The monoisotopic (exact) mass is 614 g/mol. The number of hydrogen-bond acceptors (Lipinski definition) is 9. The number of carbonyl (C=O) groups excluding carboxylic acids is 3. The third kappa shape index (κ3) is 13.0. The van der Waals surface area contributed by atoms with Gasteiger partial charge in [-0.1, -0.05) is 52.0 Å². The molecule has 9 nitrogen and oxygen atoms in total. The third-order valence-corrected chi connectivity index (χ3v) is 8.11. The van der Waals surface area contributed by atoms with Crippen molar-refractivity contribution in [3.8, 4) is 0 Å². The Balaban J connectivity index is 3.05. The van der Waals surface area contributed by atoms with E-state index in [0.29, 0.717) is 12.8 Å². The van der Waals surface area contributed by atoms with Gasteiger partial charge in [-0.25, -0.2) is 0 Å². The Morgan fingerprint density at radius 2 is 1.86 bits per heavy atom. The summed E-state index contributed by atoms with van der Waals surface area (Å²) in [5.41, 5.74) is -0.691. The molecule has 0 fully saturated rings. The number of hydrogen-bond donors (Lipinski definition) is 3. The molecule has 1 rings (SSSR count). The van der Waals surface area contributed by atoms with Crippen molar-refractivity contribution in [3.63, 3.8) is 0 Å². The summed E-state index contributed by atoms with van der Waals surface area (Å²) >= 11 is 6.54. The lowest BCUT2D eigenvalue weighted by Crippen LogP contribution is -2.42. The molecule has 0 saturated heterocycles. The molecule has 10 heteroatoms. The van der Waals surface area contributed by atoms with E-state index >= 15 is 0 Å². The summed E-state index contributed by atoms with van der Waals surface area (Å²) in [6.07, 6.45) is 6.14. The van der Waals surface area contributed by atoms with E-state index in [0.717, 1.165) is 5.57 Å². The average Bonchev–Trinajstić information content (AvgIpc) is 2.89. The molecule has 0 saturated carbocycles. The van der Waals surface area contributed by atoms with E-state index in [9.17, 15) is 29.7 Å². The summed E-state index contributed by atoms with van der Waals surface area (Å²) in [5, 5.41) is 31.5. The fourth-order valence-electron chi connectivity index (χ4n) is 5.02. The summed E-state index contributed by atoms with van der Waals surface area (Å²) in [4.78, 5) is 35.7. The highest BCUT2D eigenvalue weighted by Gasteiger charge is 2.35. The predicted molar refractivity (Wildman–Crippen MR) is 162 cm³/mol. The molecule has 1 aliphatic heterocycles. The second kappa shape index (κ2) is 17.8. The van der Waals surface area contributed by atoms with Gasteiger partial charge < -0.3 is 29.5 Å². The van der Waals surface area contributed by atoms with Crippen molar-refractivity contribution in [2.24, 2.45) is 17.8 Å². The summed E-state index contributed by atoms with van der Waals surface area (Å²) < 4.78 is 16.4. The summed E-state index contributed by atoms with van der Waals surface area (Å²) in [7, 11) is 0. The first kappa shape index (κ1) is 37.8. The normalized spacial score (nSPS) is 29.8. The average molecular weight is 615 g/mol. The molecule has 0 amide bonds. The minimum Gasteiger partial charge on any atom is -0.462 e. The minimum absolute atomic E-state index is 0.00486. The summed E-state index contributed by atoms with van der Waals surface area (Å²) in [5.74, 6) is -2.15. The van der Waals surface area contributed by atoms with E-state index in [-0.39, 0.29) is 37.0 Å². The summed E-state index contributed by atoms with van der Waals surface area (Å²) in [6.45, 7) is 13.5. The van der Waals surface area contributed by atoms with Crippen LogP contribution in [0.15, 0.2) is 36.0 Å². The fourth-order valence-corrected chi connectivity index (χ4v) is 5.53. The van der Waals surface area contributed by atoms with E-state index in [1.165, 1.54) is 20.8 Å². The van der Waals surface area contributed by atoms with Gasteiger partial charge in [0.15, 0.2) is 0 Å². The van der Waals surface area contributed by atoms with Crippen LogP contribution < -0.4 is 0 Å². The molecule has 0 aromatic rings. The SMILES string of the molecule is CCC(OC(C)=O)C(C)C(O)C(Cl)CC(C)C=CC=C(C)C1OC(=O)CC(O)CCC(C)(O)C(OC(C)=O)C=CC1C. The zero-order valence-corrected chi connectivity index (χ0v) is 27.0. The molecule has 42 heavy (non-hydrogen) atoms. The van der Waals surface area contributed by atoms with Crippen LogP contribution in [0.25, 0.3) is 0 Å². The minimum atomic E-state index is -1.44. The van der Waals surface area contributed by atoms with Crippen molar-refractivity contribution in [1.29, 1.82) is 0 Å². The summed E-state index contributed by atoms with van der Waals surface area (Å²) in [6, 6.07) is 0. The molecule has 0 aromatic heterocycles. The van der Waals surface area contributed by atoms with Crippen LogP contribution in [0.4, 0.5) is 0 Å². The number of allylic oxidation sites excluding steroid dienone is 3. The Hall–Kier alpha value is -2.20. The third-order valence-electron chi connectivity index (χ3n) is 7.68. The van der Waals surface area contributed by atoms with Gasteiger partial charge in [-0.05, 0) is 57.1 Å². The van der Waals surface area contributed by atoms with Crippen LogP contribution in [-0.4, -0.2) is 74.7 Å². The van der Waals surface area contributed by atoms with Crippen molar-refractivity contribution in [2.75, 3.05) is 0 Å². The van der Waals surface area contributed by atoms with E-state index in [1.54, 1.807) is 12.2 Å². The van der Waals surface area contributed by atoms with E-state index in [2.05, 4.69) is 0 Å². The lowest BCUT2D eigenvalue weighted by molar-refractivity contribution is -0.157. The molecule has 10 atom stereocenters. The van der Waals surface area contributed by atoms with Crippen LogP contribution in [0.3, 0.4) is 0 Å². The van der Waals surface area contributed by atoms with Crippen molar-refractivity contribution >= 4 is 29.5 Å². The van der Waals surface area contributed by atoms with Crippen LogP contribution in [0.1, 0.15) is 87.5 Å². The Labute approximate surface area is 255 Å². The lowest BCUT2D eigenvalue weighted by atomic mass is 9.88. The highest BCUT2D eigenvalue weighted by molar-refractivity contribution is 6.21. The van der Waals surface area contributed by atoms with Gasteiger partial charge in [-0.15, -0.1) is 11.6 Å². The molecule has 240 valence electrons. The molecule has 0 aromatic carbocycles. The maximum absolute atomic E-state index is 12.6. The smallest absolute Gasteiger partial charge is 0.309 e. The van der Waals surface area contributed by atoms with Gasteiger partial charge in [-0.3, -0.25) is 14.4 Å². The van der Waals surface area contributed by atoms with Crippen molar-refractivity contribution in [2.45, 2.75) is 129 Å². The predicted octanol–water partition coefficient (Wildman–Crippen LogP) is 4.79. The van der Waals surface area contributed by atoms with Crippen molar-refractivity contribution in [3.05, 3.63) is 36.0 Å². The molecular formula is C32H51ClO9. The topological polar surface area (TPSA) is 140 Å². The number of rotatable bonds is 11. The molecule has 0 radical (unpaired) electrons. The van der Waals surface area contributed by atoms with Crippen LogP contribution in [0.2, 0.25) is 0 Å². The molecule has 0 aliphatic carbocycles. The Morgan fingerprint density at radius 1 is 1.21 bits per heavy atom. The molecule has 3 N–H and O–H groups in total. The first-order valence-electron chi connectivity index (χ1n) is 14.8. The van der Waals surface area contributed by atoms with Gasteiger partial charge >= 0.3 is 17.9 Å². The number of halogens is 1. The highest BCUT2D eigenvalue weighted by Crippen LogP contribution is 2.28. The van der Waals surface area contributed by atoms with Crippen LogP contribution in [0, 0.1) is 17.8 Å². The van der Waals surface area contributed by atoms with Crippen LogP contribution >= 0.6 is 11.6 Å². The molecule has 10 unspecified atom stereocenters. The Morgan fingerprint density at radius 3 is 2.43 bits per heavy atom. The van der Waals surface area contributed by atoms with Gasteiger partial charge in [-0.2, -0.15) is 0 Å². The van der Waals surface area contributed by atoms with Crippen LogP contribution in [-0.2, 0) is 28.6 Å². The molecule has 0 spiro atoms. The van der Waals surface area contributed by atoms with Gasteiger partial charge in [0.1, 0.15) is 23.9 Å². The van der Waals surface area contributed by atoms with Crippen molar-refractivity contribution in [1.82, 2.24) is 0 Å². The molecule has 1 aliphatic rings. The zero-order valence-electron chi connectivity index (χ0n) is 26.3. The number of alkyl halides is 1. The Bertz CT molecular complexity index is 973. The second-order valence-corrected chi connectivity index (χ2v) is 12.4. The van der Waals surface area contributed by atoms with Gasteiger partial charge in [0.05, 0.1) is 24.0 Å². The van der Waals surface area contributed by atoms with Gasteiger partial charge in [0, 0.05) is 25.7 Å². The maximum atomic E-state index is 12.6. The van der Waals surface area contributed by atoms with Crippen LogP contribution in [0.5, 0.6) is 0 Å². The Kier molecular flexibility index (Phi) is 16.0. The quantitative estimate of drug-likeness (QED) is 0.0985. The fraction of sp³-hybridized carbons (Fsp3) is 0.719. The second-order valence-electron chi connectivity index (χ2n) is 11.9. The lowest BCUT2D eigenvalue weighted by Gasteiger charge is -2.32. The van der Waals surface area contributed by atoms with E-state index in [1.807, 2.05) is 52.8 Å². The number of esters is 3. The van der Waals surface area contributed by atoms with Crippen molar-refractivity contribution < 1.29 is 43.9 Å². The molecule has 0 bridgehead atoms. The number of cyclic esters (lactones) is 1. The number of carbonyl (C=O) groups is 3. The van der Waals surface area contributed by atoms with Gasteiger partial charge in [0.2, 0.25) is 0 Å². The first-order valence-corrected chi connectivity index (χ1v) is 15.2. The number of ether oxygens (including phenoxy) is 3.